The van der Waals surface area contributed by atoms with E-state index in [2.05, 4.69) is 26.3 Å². The molecular formula is C9H10BrN3S2. The van der Waals surface area contributed by atoms with Crippen molar-refractivity contribution < 1.29 is 0 Å². The molecule has 2 rings (SSSR count). The summed E-state index contributed by atoms with van der Waals surface area (Å²) in [4.78, 5) is 5.47. The van der Waals surface area contributed by atoms with Gasteiger partial charge in [0.1, 0.15) is 0 Å². The van der Waals surface area contributed by atoms with E-state index in [9.17, 15) is 0 Å². The van der Waals surface area contributed by atoms with Gasteiger partial charge in [0, 0.05) is 27.3 Å². The number of nitrogens with one attached hydrogen (secondary N) is 1. The summed E-state index contributed by atoms with van der Waals surface area (Å²) >= 11 is 6.85. The number of halogens is 1. The molecule has 0 aliphatic rings. The molecule has 3 N–H and O–H groups in total. The van der Waals surface area contributed by atoms with Gasteiger partial charge in [-0.25, -0.2) is 4.98 Å². The molecule has 2 aromatic rings. The van der Waals surface area contributed by atoms with Gasteiger partial charge in [-0.15, -0.1) is 22.7 Å². The molecule has 80 valence electrons. The van der Waals surface area contributed by atoms with Crippen LogP contribution in [0.15, 0.2) is 27.5 Å². The average molecular weight is 304 g/mol. The monoisotopic (exact) mass is 303 g/mol. The Labute approximate surface area is 104 Å². The zero-order chi connectivity index (χ0) is 10.7. The van der Waals surface area contributed by atoms with Crippen molar-refractivity contribution in [1.82, 2.24) is 10.4 Å². The van der Waals surface area contributed by atoms with Crippen LogP contribution >= 0.6 is 38.6 Å². The second kappa shape index (κ2) is 5.18. The third kappa shape index (κ3) is 2.64. The van der Waals surface area contributed by atoms with Crippen molar-refractivity contribution in [3.63, 3.8) is 0 Å². The zero-order valence-electron chi connectivity index (χ0n) is 7.81. The van der Waals surface area contributed by atoms with Gasteiger partial charge >= 0.3 is 0 Å². The molecule has 0 amide bonds. The number of nitrogens with two attached hydrogens (primary N) is 1. The third-order valence-corrected chi connectivity index (χ3v) is 4.81. The molecular weight excluding hydrogens is 294 g/mol. The lowest BCUT2D eigenvalue weighted by molar-refractivity contribution is 0.557. The average Bonchev–Trinajstić information content (AvgIpc) is 2.85. The van der Waals surface area contributed by atoms with Crippen LogP contribution in [-0.4, -0.2) is 4.98 Å². The Morgan fingerprint density at radius 2 is 2.33 bits per heavy atom. The van der Waals surface area contributed by atoms with Gasteiger partial charge in [-0.2, -0.15) is 0 Å². The number of thiophene rings is 1. The second-order valence-corrected chi connectivity index (χ2v) is 5.76. The molecule has 6 heteroatoms. The first kappa shape index (κ1) is 11.2. The topological polar surface area (TPSA) is 50.9 Å². The van der Waals surface area contributed by atoms with E-state index in [-0.39, 0.29) is 6.04 Å². The Kier molecular flexibility index (Phi) is 3.87. The van der Waals surface area contributed by atoms with E-state index in [4.69, 9.17) is 5.84 Å². The molecule has 2 heterocycles. The van der Waals surface area contributed by atoms with Crippen LogP contribution in [0.3, 0.4) is 0 Å². The summed E-state index contributed by atoms with van der Waals surface area (Å²) in [7, 11) is 0. The van der Waals surface area contributed by atoms with Crippen LogP contribution < -0.4 is 11.3 Å². The summed E-state index contributed by atoms with van der Waals surface area (Å²) in [6.45, 7) is 0. The van der Waals surface area contributed by atoms with Gasteiger partial charge in [-0.3, -0.25) is 11.3 Å². The van der Waals surface area contributed by atoms with E-state index in [1.165, 1.54) is 4.88 Å². The van der Waals surface area contributed by atoms with E-state index < -0.39 is 0 Å². The molecule has 0 spiro atoms. The van der Waals surface area contributed by atoms with E-state index in [1.54, 1.807) is 22.7 Å². The van der Waals surface area contributed by atoms with Crippen molar-refractivity contribution in [2.24, 2.45) is 5.84 Å². The fraction of sp³-hybridized carbons (Fsp3) is 0.222. The van der Waals surface area contributed by atoms with Gasteiger partial charge < -0.3 is 0 Å². The van der Waals surface area contributed by atoms with Crippen molar-refractivity contribution in [3.8, 4) is 0 Å². The van der Waals surface area contributed by atoms with Gasteiger partial charge in [0.25, 0.3) is 0 Å². The van der Waals surface area contributed by atoms with Crippen LogP contribution in [-0.2, 0) is 6.42 Å². The van der Waals surface area contributed by atoms with Gasteiger partial charge in [-0.1, -0.05) is 0 Å². The smallest absolute Gasteiger partial charge is 0.0944 e. The second-order valence-electron chi connectivity index (χ2n) is 2.98. The number of nitrogens with zero attached hydrogens (tertiary/aromatic N) is 1. The molecule has 0 fully saturated rings. The highest BCUT2D eigenvalue weighted by Crippen LogP contribution is 2.30. The molecule has 0 radical (unpaired) electrons. The van der Waals surface area contributed by atoms with E-state index in [0.717, 1.165) is 15.9 Å². The van der Waals surface area contributed by atoms with Crippen LogP contribution in [0.1, 0.15) is 15.9 Å². The van der Waals surface area contributed by atoms with Crippen LogP contribution in [0.25, 0.3) is 0 Å². The number of hydrogen-bond acceptors (Lipinski definition) is 5. The van der Waals surface area contributed by atoms with Crippen molar-refractivity contribution in [3.05, 3.63) is 37.4 Å². The number of hydrazine groups is 1. The minimum Gasteiger partial charge on any atom is -0.271 e. The zero-order valence-corrected chi connectivity index (χ0v) is 11.0. The summed E-state index contributed by atoms with van der Waals surface area (Å²) in [6.07, 6.45) is 2.64. The van der Waals surface area contributed by atoms with Crippen LogP contribution in [0.4, 0.5) is 0 Å². The number of aromatic nitrogens is 1. The predicted octanol–water partition coefficient (Wildman–Crippen LogP) is 2.71. The fourth-order valence-corrected chi connectivity index (χ4v) is 3.68. The Bertz CT molecular complexity index is 413. The summed E-state index contributed by atoms with van der Waals surface area (Å²) in [6, 6.07) is 2.16. The lowest BCUT2D eigenvalue weighted by Gasteiger charge is -2.13. The number of hydrogen-bond donors (Lipinski definition) is 2. The quantitative estimate of drug-likeness (QED) is 0.674. The van der Waals surface area contributed by atoms with Crippen LogP contribution in [0.2, 0.25) is 0 Å². The van der Waals surface area contributed by atoms with Gasteiger partial charge in [0.2, 0.25) is 0 Å². The van der Waals surface area contributed by atoms with E-state index in [1.807, 2.05) is 23.0 Å². The van der Waals surface area contributed by atoms with E-state index in [0.29, 0.717) is 0 Å². The maximum Gasteiger partial charge on any atom is 0.0944 e. The van der Waals surface area contributed by atoms with Crippen molar-refractivity contribution in [2.45, 2.75) is 12.5 Å². The molecule has 0 saturated carbocycles. The SMILES string of the molecule is NNC(Cc1nccs1)c1sccc1Br. The highest BCUT2D eigenvalue weighted by Gasteiger charge is 2.16. The standard InChI is InChI=1S/C9H10BrN3S2/c10-6-1-3-15-9(6)7(13-11)5-8-12-2-4-14-8/h1-4,7,13H,5,11H2. The Hall–Kier alpha value is -0.270. The molecule has 1 unspecified atom stereocenters. The molecule has 0 aliphatic carbocycles. The molecule has 0 saturated heterocycles. The first-order chi connectivity index (χ1) is 7.31. The summed E-state index contributed by atoms with van der Waals surface area (Å²) in [5, 5.41) is 5.12. The van der Waals surface area contributed by atoms with Crippen LogP contribution in [0, 0.1) is 0 Å². The Morgan fingerprint density at radius 3 is 2.87 bits per heavy atom. The molecule has 15 heavy (non-hydrogen) atoms. The predicted molar refractivity (Wildman–Crippen MR) is 67.9 cm³/mol. The fourth-order valence-electron chi connectivity index (χ4n) is 1.31. The molecule has 0 bridgehead atoms. The van der Waals surface area contributed by atoms with E-state index >= 15 is 0 Å². The Balaban J connectivity index is 2.15. The molecule has 1 atom stereocenters. The van der Waals surface area contributed by atoms with Crippen molar-refractivity contribution >= 4 is 38.6 Å². The lowest BCUT2D eigenvalue weighted by Crippen LogP contribution is -2.29. The Morgan fingerprint density at radius 1 is 1.47 bits per heavy atom. The van der Waals surface area contributed by atoms with Gasteiger partial charge in [0.05, 0.1) is 11.0 Å². The van der Waals surface area contributed by atoms with Crippen LogP contribution in [0.5, 0.6) is 0 Å². The largest absolute Gasteiger partial charge is 0.271 e. The molecule has 3 nitrogen and oxygen atoms in total. The first-order valence-electron chi connectivity index (χ1n) is 4.38. The van der Waals surface area contributed by atoms with Crippen molar-refractivity contribution in [1.29, 1.82) is 0 Å². The third-order valence-electron chi connectivity index (χ3n) is 2.02. The van der Waals surface area contributed by atoms with Gasteiger partial charge in [-0.05, 0) is 27.4 Å². The summed E-state index contributed by atoms with van der Waals surface area (Å²) in [5.74, 6) is 5.56. The molecule has 0 aliphatic heterocycles. The lowest BCUT2D eigenvalue weighted by atomic mass is 10.2. The first-order valence-corrected chi connectivity index (χ1v) is 6.94. The summed E-state index contributed by atoms with van der Waals surface area (Å²) < 4.78 is 1.10. The summed E-state index contributed by atoms with van der Waals surface area (Å²) in [5.41, 5.74) is 2.83. The minimum atomic E-state index is 0.130. The maximum absolute atomic E-state index is 5.56. The van der Waals surface area contributed by atoms with Gasteiger partial charge in [0.15, 0.2) is 0 Å². The molecule has 2 aromatic heterocycles. The maximum atomic E-state index is 5.56. The minimum absolute atomic E-state index is 0.130. The highest BCUT2D eigenvalue weighted by atomic mass is 79.9. The number of thiazole rings is 1. The highest BCUT2D eigenvalue weighted by molar-refractivity contribution is 9.10. The number of rotatable bonds is 4. The molecule has 0 aromatic carbocycles. The normalized spacial score (nSPS) is 12.9. The van der Waals surface area contributed by atoms with Crippen molar-refractivity contribution in [2.75, 3.05) is 0 Å².